The Morgan fingerprint density at radius 2 is 1.71 bits per heavy atom. The first-order chi connectivity index (χ1) is 10.9. The summed E-state index contributed by atoms with van der Waals surface area (Å²) in [6, 6.07) is 5.01. The van der Waals surface area contributed by atoms with Crippen LogP contribution in [0.25, 0.3) is 0 Å². The van der Waals surface area contributed by atoms with Crippen molar-refractivity contribution in [2.45, 2.75) is 70.2 Å². The minimum absolute atomic E-state index is 0.0868. The van der Waals surface area contributed by atoms with Crippen LogP contribution in [0, 0.1) is 6.92 Å². The Balaban J connectivity index is 2.34. The third-order valence-electron chi connectivity index (χ3n) is 4.92. The van der Waals surface area contributed by atoms with Crippen molar-refractivity contribution < 1.29 is 22.8 Å². The van der Waals surface area contributed by atoms with E-state index in [9.17, 15) is 13.5 Å². The first-order valence-corrected chi connectivity index (χ1v) is 9.88. The fourth-order valence-electron chi connectivity index (χ4n) is 2.48. The van der Waals surface area contributed by atoms with Gasteiger partial charge in [-0.05, 0) is 65.6 Å². The van der Waals surface area contributed by atoms with Crippen LogP contribution in [0.15, 0.2) is 23.1 Å². The molecule has 1 N–H and O–H groups in total. The zero-order valence-electron chi connectivity index (χ0n) is 15.3. The molecule has 1 aromatic rings. The van der Waals surface area contributed by atoms with E-state index in [1.54, 1.807) is 25.1 Å². The van der Waals surface area contributed by atoms with E-state index in [-0.39, 0.29) is 17.1 Å². The van der Waals surface area contributed by atoms with Crippen molar-refractivity contribution in [3.05, 3.63) is 23.8 Å². The topological polar surface area (TPSA) is 72.8 Å². The van der Waals surface area contributed by atoms with E-state index in [0.29, 0.717) is 0 Å². The highest BCUT2D eigenvalue weighted by Gasteiger charge is 2.52. The van der Waals surface area contributed by atoms with Gasteiger partial charge in [-0.2, -0.15) is 0 Å². The molecule has 1 aliphatic heterocycles. The molecule has 1 atom stereocenters. The Bertz CT molecular complexity index is 694. The molecule has 7 heteroatoms. The average Bonchev–Trinajstić information content (AvgIpc) is 2.65. The monoisotopic (exact) mass is 354 g/mol. The number of hydrogen-bond acceptors (Lipinski definition) is 5. The second-order valence-electron chi connectivity index (χ2n) is 7.56. The maximum atomic E-state index is 12.5. The Hall–Kier alpha value is -0.885. The molecule has 1 fully saturated rings. The van der Waals surface area contributed by atoms with Crippen LogP contribution < -0.4 is 5.46 Å². The van der Waals surface area contributed by atoms with E-state index in [0.717, 1.165) is 11.0 Å². The molecule has 1 aromatic carbocycles. The molecule has 0 saturated carbocycles. The van der Waals surface area contributed by atoms with E-state index in [2.05, 4.69) is 0 Å². The normalized spacial score (nSPS) is 21.0. The van der Waals surface area contributed by atoms with E-state index < -0.39 is 34.3 Å². The molecule has 24 heavy (non-hydrogen) atoms. The smallest absolute Gasteiger partial charge is 0.399 e. The van der Waals surface area contributed by atoms with Crippen LogP contribution >= 0.6 is 0 Å². The molecule has 5 nitrogen and oxygen atoms in total. The number of aliphatic hydroxyl groups excluding tert-OH is 1. The number of aliphatic hydroxyl groups is 1. The zero-order valence-corrected chi connectivity index (χ0v) is 16.1. The van der Waals surface area contributed by atoms with Gasteiger partial charge in [-0.1, -0.05) is 11.6 Å². The highest BCUT2D eigenvalue weighted by molar-refractivity contribution is 7.91. The van der Waals surface area contributed by atoms with Gasteiger partial charge >= 0.3 is 7.12 Å². The first kappa shape index (κ1) is 19.4. The van der Waals surface area contributed by atoms with E-state index in [1.807, 2.05) is 34.6 Å². The largest absolute Gasteiger partial charge is 0.495 e. The number of aryl methyl sites for hydroxylation is 1. The Kier molecular flexibility index (Phi) is 5.22. The molecular weight excluding hydrogens is 327 g/mol. The Morgan fingerprint density at radius 3 is 2.21 bits per heavy atom. The van der Waals surface area contributed by atoms with Crippen molar-refractivity contribution in [1.82, 2.24) is 0 Å². The second-order valence-corrected chi connectivity index (χ2v) is 9.67. The standard InChI is InChI=1S/C17H27BO5S/c1-12-7-8-14(24(20,21)10-9-13(2)19)11-15(12)18-22-16(3,4)17(5,6)23-18/h7-8,11,13,19H,9-10H2,1-6H3. The zero-order chi connectivity index (χ0) is 18.3. The number of rotatable bonds is 5. The lowest BCUT2D eigenvalue weighted by molar-refractivity contribution is 0.00578. The summed E-state index contributed by atoms with van der Waals surface area (Å²) in [5.74, 6) is -0.0868. The molecule has 134 valence electrons. The SMILES string of the molecule is Cc1ccc(S(=O)(=O)CCC(C)O)cc1B1OC(C)(C)C(C)(C)O1. The van der Waals surface area contributed by atoms with Gasteiger partial charge in [0, 0.05) is 0 Å². The fraction of sp³-hybridized carbons (Fsp3) is 0.647. The summed E-state index contributed by atoms with van der Waals surface area (Å²) in [6.45, 7) is 11.3. The third-order valence-corrected chi connectivity index (χ3v) is 6.67. The van der Waals surface area contributed by atoms with Gasteiger partial charge in [0.2, 0.25) is 0 Å². The molecule has 0 aliphatic carbocycles. The van der Waals surface area contributed by atoms with Crippen LogP contribution in [-0.4, -0.2) is 43.7 Å². The number of benzene rings is 1. The van der Waals surface area contributed by atoms with Crippen molar-refractivity contribution in [2.24, 2.45) is 0 Å². The quantitative estimate of drug-likeness (QED) is 0.817. The predicted molar refractivity (Wildman–Crippen MR) is 95.2 cm³/mol. The summed E-state index contributed by atoms with van der Waals surface area (Å²) in [7, 11) is -4.05. The lowest BCUT2D eigenvalue weighted by Crippen LogP contribution is -2.41. The summed E-state index contributed by atoms with van der Waals surface area (Å²) in [4.78, 5) is 0.235. The van der Waals surface area contributed by atoms with Gasteiger partial charge in [0.1, 0.15) is 0 Å². The maximum Gasteiger partial charge on any atom is 0.495 e. The predicted octanol–water partition coefficient (Wildman–Crippen LogP) is 1.84. The van der Waals surface area contributed by atoms with Gasteiger partial charge in [0.05, 0.1) is 28.0 Å². The van der Waals surface area contributed by atoms with Crippen molar-refractivity contribution in [3.8, 4) is 0 Å². The molecule has 0 aromatic heterocycles. The van der Waals surface area contributed by atoms with Crippen molar-refractivity contribution in [3.63, 3.8) is 0 Å². The summed E-state index contributed by atoms with van der Waals surface area (Å²) < 4.78 is 37.0. The summed E-state index contributed by atoms with van der Waals surface area (Å²) in [6.07, 6.45) is -0.435. The molecule has 1 heterocycles. The molecular formula is C17H27BO5S. The van der Waals surface area contributed by atoms with E-state index >= 15 is 0 Å². The minimum atomic E-state index is -3.45. The van der Waals surface area contributed by atoms with Gasteiger partial charge < -0.3 is 14.4 Å². The molecule has 0 amide bonds. The van der Waals surface area contributed by atoms with Crippen molar-refractivity contribution >= 4 is 22.4 Å². The highest BCUT2D eigenvalue weighted by atomic mass is 32.2. The molecule has 1 aliphatic rings. The van der Waals surface area contributed by atoms with Gasteiger partial charge in [0.25, 0.3) is 0 Å². The molecule has 0 radical (unpaired) electrons. The van der Waals surface area contributed by atoms with E-state index in [1.165, 1.54) is 0 Å². The summed E-state index contributed by atoms with van der Waals surface area (Å²) >= 11 is 0. The number of sulfone groups is 1. The van der Waals surface area contributed by atoms with Crippen LogP contribution in [0.2, 0.25) is 0 Å². The second kappa shape index (κ2) is 6.44. The average molecular weight is 354 g/mol. The Morgan fingerprint density at radius 1 is 1.17 bits per heavy atom. The molecule has 1 unspecified atom stereocenters. The van der Waals surface area contributed by atoms with Gasteiger partial charge in [-0.15, -0.1) is 0 Å². The Labute approximate surface area is 145 Å². The lowest BCUT2D eigenvalue weighted by Gasteiger charge is -2.32. The van der Waals surface area contributed by atoms with Gasteiger partial charge in [-0.3, -0.25) is 0 Å². The molecule has 2 rings (SSSR count). The lowest BCUT2D eigenvalue weighted by atomic mass is 9.76. The summed E-state index contributed by atoms with van der Waals surface area (Å²) in [5, 5.41) is 9.34. The van der Waals surface area contributed by atoms with E-state index in [4.69, 9.17) is 9.31 Å². The highest BCUT2D eigenvalue weighted by Crippen LogP contribution is 2.36. The van der Waals surface area contributed by atoms with Gasteiger partial charge in [-0.25, -0.2) is 8.42 Å². The van der Waals surface area contributed by atoms with Gasteiger partial charge in [0.15, 0.2) is 9.84 Å². The summed E-state index contributed by atoms with van der Waals surface area (Å²) in [5.41, 5.74) is 0.686. The minimum Gasteiger partial charge on any atom is -0.399 e. The number of hydrogen-bond donors (Lipinski definition) is 1. The van der Waals surface area contributed by atoms with Crippen LogP contribution in [0.5, 0.6) is 0 Å². The van der Waals surface area contributed by atoms with Crippen molar-refractivity contribution in [2.75, 3.05) is 5.75 Å². The third kappa shape index (κ3) is 3.85. The molecule has 0 spiro atoms. The fourth-order valence-corrected chi connectivity index (χ4v) is 3.95. The van der Waals surface area contributed by atoms with Crippen LogP contribution in [-0.2, 0) is 19.1 Å². The van der Waals surface area contributed by atoms with Crippen LogP contribution in [0.3, 0.4) is 0 Å². The van der Waals surface area contributed by atoms with Crippen LogP contribution in [0.4, 0.5) is 0 Å². The van der Waals surface area contributed by atoms with Crippen molar-refractivity contribution in [1.29, 1.82) is 0 Å². The maximum absolute atomic E-state index is 12.5. The first-order valence-electron chi connectivity index (χ1n) is 8.23. The molecule has 0 bridgehead atoms. The van der Waals surface area contributed by atoms with Crippen LogP contribution in [0.1, 0.15) is 46.6 Å². The molecule has 1 saturated heterocycles.